The van der Waals surface area contributed by atoms with Crippen molar-refractivity contribution >= 4 is 11.6 Å². The molecule has 0 amide bonds. The summed E-state index contributed by atoms with van der Waals surface area (Å²) in [5.41, 5.74) is 1.02. The lowest BCUT2D eigenvalue weighted by Crippen LogP contribution is -2.24. The summed E-state index contributed by atoms with van der Waals surface area (Å²) in [6.45, 7) is 6.47. The predicted octanol–water partition coefficient (Wildman–Crippen LogP) is 2.74. The lowest BCUT2D eigenvalue weighted by atomic mass is 10.2. The standard InChI is InChI=1S/C12H15ClN2O/c1-8(2)5-6-15-11(16)7-10(13)14-12(15)9-3-4-9/h7,9H,1,3-6H2,2H3. The minimum atomic E-state index is -0.0526. The highest BCUT2D eigenvalue weighted by Crippen LogP contribution is 2.38. The minimum absolute atomic E-state index is 0.0526. The Balaban J connectivity index is 2.33. The molecule has 1 aromatic heterocycles. The zero-order chi connectivity index (χ0) is 11.7. The van der Waals surface area contributed by atoms with Crippen LogP contribution in [0.25, 0.3) is 0 Å². The van der Waals surface area contributed by atoms with Crippen molar-refractivity contribution in [2.75, 3.05) is 0 Å². The summed E-state index contributed by atoms with van der Waals surface area (Å²) in [5, 5.41) is 0.304. The fourth-order valence-electron chi connectivity index (χ4n) is 1.68. The Bertz CT molecular complexity index is 474. The average molecular weight is 239 g/mol. The van der Waals surface area contributed by atoms with Crippen LogP contribution in [0.2, 0.25) is 5.15 Å². The average Bonchev–Trinajstić information content (AvgIpc) is 2.97. The molecule has 0 saturated heterocycles. The SMILES string of the molecule is C=C(C)CCn1c(C2CC2)nc(Cl)cc1=O. The van der Waals surface area contributed by atoms with Crippen molar-refractivity contribution in [1.29, 1.82) is 0 Å². The van der Waals surface area contributed by atoms with E-state index in [1.165, 1.54) is 6.07 Å². The van der Waals surface area contributed by atoms with Crippen molar-refractivity contribution < 1.29 is 0 Å². The van der Waals surface area contributed by atoms with Crippen LogP contribution in [-0.2, 0) is 6.54 Å². The van der Waals surface area contributed by atoms with Gasteiger partial charge in [-0.15, -0.1) is 6.58 Å². The van der Waals surface area contributed by atoms with E-state index >= 15 is 0 Å². The van der Waals surface area contributed by atoms with E-state index in [1.54, 1.807) is 4.57 Å². The Morgan fingerprint density at radius 2 is 2.38 bits per heavy atom. The van der Waals surface area contributed by atoms with Gasteiger partial charge >= 0.3 is 0 Å². The Morgan fingerprint density at radius 1 is 1.69 bits per heavy atom. The zero-order valence-corrected chi connectivity index (χ0v) is 10.1. The van der Waals surface area contributed by atoms with E-state index in [-0.39, 0.29) is 5.56 Å². The van der Waals surface area contributed by atoms with Crippen molar-refractivity contribution in [2.45, 2.75) is 38.6 Å². The molecule has 4 heteroatoms. The minimum Gasteiger partial charge on any atom is -0.296 e. The molecular formula is C12H15ClN2O. The van der Waals surface area contributed by atoms with E-state index in [0.717, 1.165) is 30.7 Å². The first kappa shape index (κ1) is 11.4. The molecular weight excluding hydrogens is 224 g/mol. The summed E-state index contributed by atoms with van der Waals surface area (Å²) in [4.78, 5) is 16.1. The first-order valence-electron chi connectivity index (χ1n) is 5.49. The molecule has 1 heterocycles. The third-order valence-corrected chi connectivity index (χ3v) is 2.90. The number of aromatic nitrogens is 2. The summed E-state index contributed by atoms with van der Waals surface area (Å²) in [5.74, 6) is 1.27. The summed E-state index contributed by atoms with van der Waals surface area (Å²) in [7, 11) is 0. The molecule has 0 radical (unpaired) electrons. The van der Waals surface area contributed by atoms with Crippen LogP contribution >= 0.6 is 11.6 Å². The van der Waals surface area contributed by atoms with E-state index in [0.29, 0.717) is 17.6 Å². The second-order valence-corrected chi connectivity index (χ2v) is 4.80. The highest BCUT2D eigenvalue weighted by molar-refractivity contribution is 6.29. The Morgan fingerprint density at radius 3 is 2.94 bits per heavy atom. The van der Waals surface area contributed by atoms with Gasteiger partial charge in [0.25, 0.3) is 5.56 Å². The quantitative estimate of drug-likeness (QED) is 0.597. The fraction of sp³-hybridized carbons (Fsp3) is 0.500. The molecule has 0 atom stereocenters. The lowest BCUT2D eigenvalue weighted by Gasteiger charge is -2.11. The summed E-state index contributed by atoms with van der Waals surface area (Å²) in [6, 6.07) is 1.38. The molecule has 1 aliphatic carbocycles. The van der Waals surface area contributed by atoms with E-state index in [2.05, 4.69) is 11.6 Å². The highest BCUT2D eigenvalue weighted by atomic mass is 35.5. The third kappa shape index (κ3) is 2.53. The molecule has 86 valence electrons. The summed E-state index contributed by atoms with van der Waals surface area (Å²) in [6.07, 6.45) is 3.03. The Kier molecular flexibility index (Phi) is 3.15. The van der Waals surface area contributed by atoms with E-state index in [4.69, 9.17) is 11.6 Å². The summed E-state index contributed by atoms with van der Waals surface area (Å²) >= 11 is 5.81. The van der Waals surface area contributed by atoms with Crippen molar-refractivity contribution in [3.05, 3.63) is 39.5 Å². The molecule has 2 rings (SSSR count). The molecule has 1 saturated carbocycles. The van der Waals surface area contributed by atoms with Gasteiger partial charge < -0.3 is 0 Å². The molecule has 1 fully saturated rings. The maximum Gasteiger partial charge on any atom is 0.254 e. The number of nitrogens with zero attached hydrogens (tertiary/aromatic N) is 2. The zero-order valence-electron chi connectivity index (χ0n) is 9.37. The van der Waals surface area contributed by atoms with Crippen LogP contribution in [0.4, 0.5) is 0 Å². The largest absolute Gasteiger partial charge is 0.296 e. The molecule has 0 spiro atoms. The van der Waals surface area contributed by atoms with Crippen molar-refractivity contribution in [2.24, 2.45) is 0 Å². The molecule has 0 aliphatic heterocycles. The lowest BCUT2D eigenvalue weighted by molar-refractivity contribution is 0.608. The maximum absolute atomic E-state index is 11.8. The number of hydrogen-bond donors (Lipinski definition) is 0. The van der Waals surface area contributed by atoms with Crippen LogP contribution < -0.4 is 5.56 Å². The van der Waals surface area contributed by atoms with Gasteiger partial charge in [0.15, 0.2) is 0 Å². The Hall–Kier alpha value is -1.09. The number of halogens is 1. The smallest absolute Gasteiger partial charge is 0.254 e. The second-order valence-electron chi connectivity index (χ2n) is 4.41. The van der Waals surface area contributed by atoms with Gasteiger partial charge in [-0.05, 0) is 26.2 Å². The molecule has 0 unspecified atom stereocenters. The Labute approximate surface area is 99.8 Å². The highest BCUT2D eigenvalue weighted by Gasteiger charge is 2.28. The van der Waals surface area contributed by atoms with Crippen LogP contribution in [-0.4, -0.2) is 9.55 Å². The van der Waals surface area contributed by atoms with E-state index in [9.17, 15) is 4.79 Å². The molecule has 0 bridgehead atoms. The first-order valence-corrected chi connectivity index (χ1v) is 5.87. The van der Waals surface area contributed by atoms with Gasteiger partial charge in [-0.1, -0.05) is 17.2 Å². The van der Waals surface area contributed by atoms with E-state index in [1.807, 2.05) is 6.92 Å². The molecule has 0 aromatic carbocycles. The monoisotopic (exact) mass is 238 g/mol. The van der Waals surface area contributed by atoms with Crippen molar-refractivity contribution in [3.8, 4) is 0 Å². The van der Waals surface area contributed by atoms with Gasteiger partial charge in [0.1, 0.15) is 11.0 Å². The van der Waals surface area contributed by atoms with Crippen LogP contribution in [0.3, 0.4) is 0 Å². The summed E-state index contributed by atoms with van der Waals surface area (Å²) < 4.78 is 1.73. The predicted molar refractivity (Wildman–Crippen MR) is 64.9 cm³/mol. The first-order chi connectivity index (χ1) is 7.58. The normalized spacial score (nSPS) is 15.1. The van der Waals surface area contributed by atoms with Gasteiger partial charge in [-0.25, -0.2) is 4.98 Å². The van der Waals surface area contributed by atoms with Gasteiger partial charge in [0.05, 0.1) is 0 Å². The maximum atomic E-state index is 11.8. The second kappa shape index (κ2) is 4.42. The number of hydrogen-bond acceptors (Lipinski definition) is 2. The number of rotatable bonds is 4. The van der Waals surface area contributed by atoms with Crippen LogP contribution in [0.1, 0.15) is 37.9 Å². The molecule has 1 aromatic rings. The van der Waals surface area contributed by atoms with Crippen LogP contribution in [0, 0.1) is 0 Å². The van der Waals surface area contributed by atoms with Gasteiger partial charge in [-0.3, -0.25) is 9.36 Å². The van der Waals surface area contributed by atoms with Gasteiger partial charge in [-0.2, -0.15) is 0 Å². The molecule has 0 N–H and O–H groups in total. The topological polar surface area (TPSA) is 34.9 Å². The van der Waals surface area contributed by atoms with Crippen LogP contribution in [0.15, 0.2) is 23.0 Å². The number of allylic oxidation sites excluding steroid dienone is 1. The van der Waals surface area contributed by atoms with Crippen molar-refractivity contribution in [3.63, 3.8) is 0 Å². The molecule has 3 nitrogen and oxygen atoms in total. The van der Waals surface area contributed by atoms with Crippen LogP contribution in [0.5, 0.6) is 0 Å². The van der Waals surface area contributed by atoms with Crippen molar-refractivity contribution in [1.82, 2.24) is 9.55 Å². The third-order valence-electron chi connectivity index (χ3n) is 2.71. The van der Waals surface area contributed by atoms with Gasteiger partial charge in [0, 0.05) is 18.5 Å². The molecule has 16 heavy (non-hydrogen) atoms. The fourth-order valence-corrected chi connectivity index (χ4v) is 1.86. The van der Waals surface area contributed by atoms with E-state index < -0.39 is 0 Å². The van der Waals surface area contributed by atoms with Gasteiger partial charge in [0.2, 0.25) is 0 Å². The molecule has 1 aliphatic rings.